The molecule has 1 atom stereocenters. The van der Waals surface area contributed by atoms with Gasteiger partial charge in [0.15, 0.2) is 0 Å². The summed E-state index contributed by atoms with van der Waals surface area (Å²) < 4.78 is 16.2. The highest BCUT2D eigenvalue weighted by Gasteiger charge is 2.23. The number of halogens is 1. The van der Waals surface area contributed by atoms with Crippen molar-refractivity contribution in [1.82, 2.24) is 9.47 Å². The fourth-order valence-corrected chi connectivity index (χ4v) is 5.70. The van der Waals surface area contributed by atoms with Crippen molar-refractivity contribution in [2.75, 3.05) is 31.6 Å². The lowest BCUT2D eigenvalue weighted by Gasteiger charge is -2.35. The van der Waals surface area contributed by atoms with Crippen LogP contribution in [0.15, 0.2) is 48.0 Å². The van der Waals surface area contributed by atoms with E-state index >= 15 is 0 Å². The highest BCUT2D eigenvalue weighted by atomic mass is 19.1. The second kappa shape index (κ2) is 10.5. The number of aromatic nitrogens is 1. The minimum Gasteiger partial charge on any atom is -0.373 e. The van der Waals surface area contributed by atoms with Crippen LogP contribution in [0.25, 0.3) is 16.6 Å². The molecule has 2 N–H and O–H groups in total. The zero-order valence-corrected chi connectivity index (χ0v) is 21.6. The van der Waals surface area contributed by atoms with Crippen molar-refractivity contribution in [3.8, 4) is 0 Å². The molecule has 5 nitrogen and oxygen atoms in total. The molecule has 6 heteroatoms. The van der Waals surface area contributed by atoms with Gasteiger partial charge in [0.1, 0.15) is 5.82 Å². The summed E-state index contributed by atoms with van der Waals surface area (Å²) >= 11 is 0. The molecule has 2 aromatic carbocycles. The van der Waals surface area contributed by atoms with Gasteiger partial charge in [-0.3, -0.25) is 4.99 Å². The maximum atomic E-state index is 13.9. The summed E-state index contributed by atoms with van der Waals surface area (Å²) in [4.78, 5) is 9.71. The lowest BCUT2D eigenvalue weighted by Crippen LogP contribution is -2.41. The summed E-state index contributed by atoms with van der Waals surface area (Å²) in [6.45, 7) is 10.4. The number of anilines is 1. The molecule has 0 aliphatic carbocycles. The summed E-state index contributed by atoms with van der Waals surface area (Å²) in [5, 5.41) is 0.912. The molecule has 3 aromatic rings. The molecule has 2 aliphatic rings. The number of rotatable bonds is 7. The number of hydrogen-bond donors (Lipinski definition) is 1. The molecule has 0 saturated carbocycles. The van der Waals surface area contributed by atoms with E-state index in [1.807, 2.05) is 18.3 Å². The lowest BCUT2D eigenvalue weighted by molar-refractivity contribution is 0.296. The molecule has 36 heavy (non-hydrogen) atoms. The smallest absolute Gasteiger partial charge is 0.123 e. The van der Waals surface area contributed by atoms with Gasteiger partial charge in [0.2, 0.25) is 0 Å². The van der Waals surface area contributed by atoms with E-state index in [2.05, 4.69) is 47.0 Å². The van der Waals surface area contributed by atoms with Crippen LogP contribution in [0.4, 0.5) is 15.8 Å². The molecule has 2 aliphatic heterocycles. The van der Waals surface area contributed by atoms with Crippen molar-refractivity contribution in [2.24, 2.45) is 10.7 Å². The van der Waals surface area contributed by atoms with Crippen LogP contribution in [0.5, 0.6) is 0 Å². The van der Waals surface area contributed by atoms with Crippen molar-refractivity contribution in [3.63, 3.8) is 0 Å². The van der Waals surface area contributed by atoms with Gasteiger partial charge in [0, 0.05) is 55.9 Å². The van der Waals surface area contributed by atoms with E-state index in [0.29, 0.717) is 0 Å². The number of likely N-dealkylation sites (tertiary alicyclic amines) is 1. The SMILES string of the molecule is C=C(c1cc2c(c(N=Cc3cc4cc(F)ccc4n3CCCC)c1)N(C)CCC2)N1CCCC(N)C1. The zero-order chi connectivity index (χ0) is 25.2. The molecule has 1 fully saturated rings. The Labute approximate surface area is 214 Å². The Morgan fingerprint density at radius 2 is 2.06 bits per heavy atom. The van der Waals surface area contributed by atoms with Gasteiger partial charge in [-0.1, -0.05) is 19.9 Å². The average Bonchev–Trinajstić information content (AvgIpc) is 3.21. The highest BCUT2D eigenvalue weighted by Crippen LogP contribution is 2.39. The molecule has 0 radical (unpaired) electrons. The topological polar surface area (TPSA) is 49.8 Å². The Morgan fingerprint density at radius 3 is 2.86 bits per heavy atom. The van der Waals surface area contributed by atoms with Crippen LogP contribution < -0.4 is 10.6 Å². The second-order valence-electron chi connectivity index (χ2n) is 10.4. The minimum atomic E-state index is -0.210. The van der Waals surface area contributed by atoms with E-state index < -0.39 is 0 Å². The Bertz CT molecular complexity index is 1290. The fourth-order valence-electron chi connectivity index (χ4n) is 5.70. The third-order valence-corrected chi connectivity index (χ3v) is 7.63. The standard InChI is InChI=1S/C30H38FN5/c1-4-5-14-36-27(17-24-16-25(31)10-11-29(24)36)19-33-28-18-23(15-22-8-6-12-34(3)30(22)28)21(2)35-13-7-9-26(32)20-35/h10-11,15-19,26H,2,4-9,12-14,20,32H2,1,3H3. The first-order valence-corrected chi connectivity index (χ1v) is 13.4. The molecule has 0 amide bonds. The zero-order valence-electron chi connectivity index (χ0n) is 21.6. The summed E-state index contributed by atoms with van der Waals surface area (Å²) in [5.41, 5.74) is 14.0. The summed E-state index contributed by atoms with van der Waals surface area (Å²) in [5.74, 6) is -0.210. The average molecular weight is 488 g/mol. The van der Waals surface area contributed by atoms with Crippen LogP contribution >= 0.6 is 0 Å². The number of aryl methyl sites for hydroxylation is 2. The van der Waals surface area contributed by atoms with Gasteiger partial charge in [-0.2, -0.15) is 0 Å². The predicted octanol–water partition coefficient (Wildman–Crippen LogP) is 6.11. The Hall–Kier alpha value is -3.12. The van der Waals surface area contributed by atoms with Crippen molar-refractivity contribution in [1.29, 1.82) is 0 Å². The maximum Gasteiger partial charge on any atom is 0.123 e. The molecule has 190 valence electrons. The van der Waals surface area contributed by atoms with Crippen molar-refractivity contribution >= 4 is 34.2 Å². The van der Waals surface area contributed by atoms with E-state index in [9.17, 15) is 4.39 Å². The third-order valence-electron chi connectivity index (χ3n) is 7.63. The monoisotopic (exact) mass is 487 g/mol. The second-order valence-corrected chi connectivity index (χ2v) is 10.4. The van der Waals surface area contributed by atoms with Gasteiger partial charge in [-0.05, 0) is 79.6 Å². The van der Waals surface area contributed by atoms with Gasteiger partial charge < -0.3 is 20.1 Å². The third kappa shape index (κ3) is 4.92. The van der Waals surface area contributed by atoms with Crippen molar-refractivity contribution in [2.45, 2.75) is 58.0 Å². The van der Waals surface area contributed by atoms with E-state index in [0.717, 1.165) is 98.2 Å². The predicted molar refractivity (Wildman–Crippen MR) is 150 cm³/mol. The van der Waals surface area contributed by atoms with Crippen LogP contribution in [0, 0.1) is 5.82 Å². The number of fused-ring (bicyclic) bond motifs is 2. The number of hydrogen-bond acceptors (Lipinski definition) is 4. The van der Waals surface area contributed by atoms with Crippen LogP contribution in [0.3, 0.4) is 0 Å². The van der Waals surface area contributed by atoms with E-state index in [1.54, 1.807) is 12.1 Å². The number of nitrogens with two attached hydrogens (primary N) is 1. The first-order chi connectivity index (χ1) is 17.4. The van der Waals surface area contributed by atoms with E-state index in [-0.39, 0.29) is 11.9 Å². The molecule has 1 unspecified atom stereocenters. The molecule has 3 heterocycles. The summed E-state index contributed by atoms with van der Waals surface area (Å²) in [7, 11) is 2.15. The van der Waals surface area contributed by atoms with Gasteiger partial charge in [-0.15, -0.1) is 0 Å². The number of aliphatic imine (C=N–C) groups is 1. The quantitative estimate of drug-likeness (QED) is 0.409. The van der Waals surface area contributed by atoms with Crippen molar-refractivity contribution in [3.05, 3.63) is 65.6 Å². The van der Waals surface area contributed by atoms with E-state index in [1.165, 1.54) is 11.3 Å². The Kier molecular flexibility index (Phi) is 7.15. The van der Waals surface area contributed by atoms with Crippen LogP contribution in [0.2, 0.25) is 0 Å². The van der Waals surface area contributed by atoms with Gasteiger partial charge in [0.25, 0.3) is 0 Å². The van der Waals surface area contributed by atoms with Gasteiger partial charge >= 0.3 is 0 Å². The normalized spacial score (nSPS) is 18.3. The number of nitrogens with zero attached hydrogens (tertiary/aromatic N) is 4. The molecule has 1 aromatic heterocycles. The molecular weight excluding hydrogens is 449 g/mol. The minimum absolute atomic E-state index is 0.201. The largest absolute Gasteiger partial charge is 0.373 e. The molecule has 0 bridgehead atoms. The first kappa shape index (κ1) is 24.6. The van der Waals surface area contributed by atoms with Crippen molar-refractivity contribution < 1.29 is 4.39 Å². The van der Waals surface area contributed by atoms with E-state index in [4.69, 9.17) is 10.7 Å². The Balaban J connectivity index is 1.55. The first-order valence-electron chi connectivity index (χ1n) is 13.4. The number of piperidine rings is 1. The van der Waals surface area contributed by atoms with Gasteiger partial charge in [0.05, 0.1) is 23.3 Å². The molecule has 5 rings (SSSR count). The maximum absolute atomic E-state index is 13.9. The molecule has 0 spiro atoms. The van der Waals surface area contributed by atoms with Gasteiger partial charge in [-0.25, -0.2) is 4.39 Å². The van der Waals surface area contributed by atoms with Crippen LogP contribution in [-0.2, 0) is 13.0 Å². The highest BCUT2D eigenvalue weighted by molar-refractivity contribution is 5.93. The van der Waals surface area contributed by atoms with Crippen LogP contribution in [0.1, 0.15) is 55.8 Å². The number of unbranched alkanes of at least 4 members (excludes halogenated alkanes) is 1. The molecule has 1 saturated heterocycles. The number of benzene rings is 2. The molecular formula is C30H38FN5. The summed E-state index contributed by atoms with van der Waals surface area (Å²) in [6.07, 6.45) is 8.46. The fraction of sp³-hybridized carbons (Fsp3) is 0.433. The lowest BCUT2D eigenvalue weighted by atomic mass is 9.96. The summed E-state index contributed by atoms with van der Waals surface area (Å²) in [6, 6.07) is 11.8. The Morgan fingerprint density at radius 1 is 1.19 bits per heavy atom. The van der Waals surface area contributed by atoms with Crippen LogP contribution in [-0.4, -0.2) is 48.4 Å².